The predicted octanol–water partition coefficient (Wildman–Crippen LogP) is 3.31. The molecule has 1 heterocycles. The number of halogens is 2. The number of hydrogen-bond acceptors (Lipinski definition) is 3. The van der Waals surface area contributed by atoms with Crippen LogP contribution in [0.2, 0.25) is 0 Å². The van der Waals surface area contributed by atoms with Crippen LogP contribution < -0.4 is 5.73 Å². The van der Waals surface area contributed by atoms with Crippen molar-refractivity contribution in [1.82, 2.24) is 9.80 Å². The number of amides is 1. The smallest absolute Gasteiger partial charge is 0.256 e. The van der Waals surface area contributed by atoms with Crippen LogP contribution in [0.4, 0.5) is 5.69 Å². The maximum absolute atomic E-state index is 12.5. The van der Waals surface area contributed by atoms with E-state index in [9.17, 15) is 4.79 Å². The van der Waals surface area contributed by atoms with Gasteiger partial charge in [0.15, 0.2) is 0 Å². The van der Waals surface area contributed by atoms with Gasteiger partial charge in [0, 0.05) is 31.9 Å². The number of hydrogen-bond donors (Lipinski definition) is 1. The van der Waals surface area contributed by atoms with Gasteiger partial charge in [-0.2, -0.15) is 0 Å². The van der Waals surface area contributed by atoms with Crippen molar-refractivity contribution in [3.8, 4) is 0 Å². The zero-order valence-electron chi connectivity index (χ0n) is 14.2. The fraction of sp³-hybridized carbons (Fsp3) is 0.588. The number of carbonyl (C=O) groups excluding carboxylic acids is 1. The molecular weight excluding hydrogens is 333 g/mol. The van der Waals surface area contributed by atoms with Gasteiger partial charge in [-0.05, 0) is 30.5 Å². The average Bonchev–Trinajstić information content (AvgIpc) is 2.45. The summed E-state index contributed by atoms with van der Waals surface area (Å²) in [4.78, 5) is 16.8. The number of nitrogen functional groups attached to an aromatic ring is 1. The molecule has 1 amide bonds. The Morgan fingerprint density at radius 2 is 1.65 bits per heavy atom. The fourth-order valence-electron chi connectivity index (χ4n) is 2.53. The molecule has 1 aliphatic rings. The first-order valence-electron chi connectivity index (χ1n) is 7.73. The number of piperazine rings is 1. The Morgan fingerprint density at radius 1 is 1.09 bits per heavy atom. The molecule has 1 aromatic carbocycles. The van der Waals surface area contributed by atoms with Crippen LogP contribution >= 0.6 is 24.8 Å². The highest BCUT2D eigenvalue weighted by Crippen LogP contribution is 2.20. The molecule has 23 heavy (non-hydrogen) atoms. The predicted molar refractivity (Wildman–Crippen MR) is 102 cm³/mol. The van der Waals surface area contributed by atoms with Crippen LogP contribution in [0, 0.1) is 5.41 Å². The molecule has 0 unspecified atom stereocenters. The Labute approximate surface area is 152 Å². The highest BCUT2D eigenvalue weighted by molar-refractivity contribution is 5.99. The zero-order chi connectivity index (χ0) is 15.5. The summed E-state index contributed by atoms with van der Waals surface area (Å²) in [7, 11) is 0. The fourth-order valence-corrected chi connectivity index (χ4v) is 2.53. The minimum atomic E-state index is 0. The second kappa shape index (κ2) is 9.36. The van der Waals surface area contributed by atoms with E-state index in [0.29, 0.717) is 16.7 Å². The maximum atomic E-state index is 12.5. The number of benzene rings is 1. The van der Waals surface area contributed by atoms with Crippen LogP contribution in [-0.4, -0.2) is 48.4 Å². The molecule has 6 heteroatoms. The first kappa shape index (κ1) is 22.0. The third-order valence-electron chi connectivity index (χ3n) is 4.03. The molecule has 0 spiro atoms. The van der Waals surface area contributed by atoms with E-state index in [2.05, 4.69) is 25.7 Å². The number of nitrogens with zero attached hydrogens (tertiary/aromatic N) is 2. The van der Waals surface area contributed by atoms with Gasteiger partial charge in [-0.15, -0.1) is 24.8 Å². The molecule has 0 saturated carbocycles. The number of nitrogens with two attached hydrogens (primary N) is 1. The van der Waals surface area contributed by atoms with Gasteiger partial charge in [-0.1, -0.05) is 32.9 Å². The SMILES string of the molecule is CC(C)(C)CCN1CCN(C(=O)c2ccccc2N)CC1.Cl.Cl. The lowest BCUT2D eigenvalue weighted by Crippen LogP contribution is -2.49. The Hall–Kier alpha value is -0.970. The first-order chi connectivity index (χ1) is 9.87. The Balaban J connectivity index is 0.00000242. The molecule has 0 aromatic heterocycles. The summed E-state index contributed by atoms with van der Waals surface area (Å²) in [5.74, 6) is 0.0589. The molecule has 1 fully saturated rings. The van der Waals surface area contributed by atoms with Gasteiger partial charge < -0.3 is 10.6 Å². The molecule has 1 saturated heterocycles. The van der Waals surface area contributed by atoms with Gasteiger partial charge >= 0.3 is 0 Å². The molecule has 1 aromatic rings. The van der Waals surface area contributed by atoms with Crippen molar-refractivity contribution in [2.75, 3.05) is 38.5 Å². The van der Waals surface area contributed by atoms with E-state index in [1.807, 2.05) is 23.1 Å². The normalized spacial score (nSPS) is 15.5. The van der Waals surface area contributed by atoms with Gasteiger partial charge in [-0.25, -0.2) is 0 Å². The number of carbonyl (C=O) groups is 1. The molecule has 0 atom stereocenters. The van der Waals surface area contributed by atoms with Crippen LogP contribution in [0.3, 0.4) is 0 Å². The lowest BCUT2D eigenvalue weighted by molar-refractivity contribution is 0.0624. The van der Waals surface area contributed by atoms with Gasteiger partial charge in [0.25, 0.3) is 5.91 Å². The summed E-state index contributed by atoms with van der Waals surface area (Å²) in [5, 5.41) is 0. The Morgan fingerprint density at radius 3 is 2.17 bits per heavy atom. The second-order valence-corrected chi connectivity index (χ2v) is 7.03. The van der Waals surface area contributed by atoms with Crippen molar-refractivity contribution >= 4 is 36.4 Å². The molecule has 4 nitrogen and oxygen atoms in total. The summed E-state index contributed by atoms with van der Waals surface area (Å²) in [6.07, 6.45) is 1.19. The number of para-hydroxylation sites is 1. The highest BCUT2D eigenvalue weighted by atomic mass is 35.5. The van der Waals surface area contributed by atoms with E-state index in [1.165, 1.54) is 6.42 Å². The summed E-state index contributed by atoms with van der Waals surface area (Å²) in [5.41, 5.74) is 7.45. The molecular formula is C17H29Cl2N3O. The topological polar surface area (TPSA) is 49.6 Å². The van der Waals surface area contributed by atoms with E-state index < -0.39 is 0 Å². The average molecular weight is 362 g/mol. The zero-order valence-corrected chi connectivity index (χ0v) is 15.9. The lowest BCUT2D eigenvalue weighted by Gasteiger charge is -2.36. The van der Waals surface area contributed by atoms with Crippen molar-refractivity contribution in [3.63, 3.8) is 0 Å². The lowest BCUT2D eigenvalue weighted by atomic mass is 9.92. The van der Waals surface area contributed by atoms with E-state index >= 15 is 0 Å². The third kappa shape index (κ3) is 6.58. The van der Waals surface area contributed by atoms with Gasteiger partial charge in [0.05, 0.1) is 5.56 Å². The van der Waals surface area contributed by atoms with Gasteiger partial charge in [-0.3, -0.25) is 9.69 Å². The van der Waals surface area contributed by atoms with E-state index in [1.54, 1.807) is 6.07 Å². The largest absolute Gasteiger partial charge is 0.398 e. The van der Waals surface area contributed by atoms with Crippen LogP contribution in [-0.2, 0) is 0 Å². The Bertz CT molecular complexity index is 495. The number of anilines is 1. The van der Waals surface area contributed by atoms with E-state index in [0.717, 1.165) is 32.7 Å². The molecule has 1 aliphatic heterocycles. The minimum absolute atomic E-state index is 0. The molecule has 132 valence electrons. The number of rotatable bonds is 3. The van der Waals surface area contributed by atoms with Gasteiger partial charge in [0.2, 0.25) is 0 Å². The molecule has 0 bridgehead atoms. The second-order valence-electron chi connectivity index (χ2n) is 7.03. The first-order valence-corrected chi connectivity index (χ1v) is 7.73. The van der Waals surface area contributed by atoms with Crippen LogP contribution in [0.15, 0.2) is 24.3 Å². The highest BCUT2D eigenvalue weighted by Gasteiger charge is 2.23. The van der Waals surface area contributed by atoms with Crippen molar-refractivity contribution in [1.29, 1.82) is 0 Å². The molecule has 2 N–H and O–H groups in total. The van der Waals surface area contributed by atoms with Crippen molar-refractivity contribution < 1.29 is 4.79 Å². The van der Waals surface area contributed by atoms with E-state index in [4.69, 9.17) is 5.73 Å². The molecule has 0 radical (unpaired) electrons. The summed E-state index contributed by atoms with van der Waals surface area (Å²) >= 11 is 0. The summed E-state index contributed by atoms with van der Waals surface area (Å²) in [6, 6.07) is 7.32. The molecule has 2 rings (SSSR count). The van der Waals surface area contributed by atoms with Crippen LogP contribution in [0.25, 0.3) is 0 Å². The summed E-state index contributed by atoms with van der Waals surface area (Å²) < 4.78 is 0. The van der Waals surface area contributed by atoms with Crippen molar-refractivity contribution in [2.45, 2.75) is 27.2 Å². The summed E-state index contributed by atoms with van der Waals surface area (Å²) in [6.45, 7) is 11.4. The Kier molecular flexibility index (Phi) is 8.96. The third-order valence-corrected chi connectivity index (χ3v) is 4.03. The minimum Gasteiger partial charge on any atom is -0.398 e. The molecule has 0 aliphatic carbocycles. The quantitative estimate of drug-likeness (QED) is 0.840. The van der Waals surface area contributed by atoms with Crippen LogP contribution in [0.1, 0.15) is 37.6 Å². The van der Waals surface area contributed by atoms with Crippen LogP contribution in [0.5, 0.6) is 0 Å². The van der Waals surface area contributed by atoms with Gasteiger partial charge in [0.1, 0.15) is 0 Å². The van der Waals surface area contributed by atoms with Crippen molar-refractivity contribution in [2.24, 2.45) is 5.41 Å². The van der Waals surface area contributed by atoms with E-state index in [-0.39, 0.29) is 30.7 Å². The maximum Gasteiger partial charge on any atom is 0.256 e. The van der Waals surface area contributed by atoms with Crippen molar-refractivity contribution in [3.05, 3.63) is 29.8 Å². The standard InChI is InChI=1S/C17H27N3O.2ClH/c1-17(2,3)8-9-19-10-12-20(13-11-19)16(21)14-6-4-5-7-15(14)18;;/h4-7H,8-13,18H2,1-3H3;2*1H. The monoisotopic (exact) mass is 361 g/mol.